The number of rotatable bonds is 5. The molecule has 20 heavy (non-hydrogen) atoms. The number of thiophene rings is 1. The summed E-state index contributed by atoms with van der Waals surface area (Å²) in [7, 11) is -3.52. The van der Waals surface area contributed by atoms with Crippen molar-refractivity contribution in [1.82, 2.24) is 4.72 Å². The zero-order chi connectivity index (χ0) is 14.8. The van der Waals surface area contributed by atoms with Gasteiger partial charge in [-0.1, -0.05) is 12.1 Å². The van der Waals surface area contributed by atoms with E-state index in [1.165, 1.54) is 11.3 Å². The third-order valence-corrected chi connectivity index (χ3v) is 5.63. The molecule has 0 radical (unpaired) electrons. The summed E-state index contributed by atoms with van der Waals surface area (Å²) in [5.41, 5.74) is 8.14. The van der Waals surface area contributed by atoms with Crippen molar-refractivity contribution in [3.63, 3.8) is 0 Å². The molecule has 0 amide bonds. The van der Waals surface area contributed by atoms with Crippen LogP contribution in [0.5, 0.6) is 0 Å². The van der Waals surface area contributed by atoms with Crippen molar-refractivity contribution >= 4 is 21.4 Å². The van der Waals surface area contributed by atoms with Crippen molar-refractivity contribution in [2.24, 2.45) is 5.73 Å². The average molecular weight is 310 g/mol. The Morgan fingerprint density at radius 1 is 1.30 bits per heavy atom. The summed E-state index contributed by atoms with van der Waals surface area (Å²) in [6.07, 6.45) is 0. The molecule has 4 nitrogen and oxygen atoms in total. The van der Waals surface area contributed by atoms with Crippen LogP contribution in [0.15, 0.2) is 34.5 Å². The van der Waals surface area contributed by atoms with Crippen molar-refractivity contribution in [3.8, 4) is 0 Å². The Bertz CT molecular complexity index is 692. The van der Waals surface area contributed by atoms with Gasteiger partial charge in [0, 0.05) is 18.0 Å². The number of hydrogen-bond donors (Lipinski definition) is 2. The molecule has 0 spiro atoms. The standard InChI is InChI=1S/C14H18N2O2S2/c1-10-6-12(8-15)7-14(11(10)2)20(17,18)16-9-13-4-3-5-19-13/h3-7,16H,8-9,15H2,1-2H3. The van der Waals surface area contributed by atoms with E-state index in [1.54, 1.807) is 6.07 Å². The molecule has 2 aromatic rings. The molecule has 3 N–H and O–H groups in total. The maximum atomic E-state index is 12.4. The quantitative estimate of drug-likeness (QED) is 0.890. The molecule has 1 aromatic heterocycles. The smallest absolute Gasteiger partial charge is 0.241 e. The average Bonchev–Trinajstić information content (AvgIpc) is 2.92. The van der Waals surface area contributed by atoms with Gasteiger partial charge in [0.1, 0.15) is 0 Å². The highest BCUT2D eigenvalue weighted by atomic mass is 32.2. The van der Waals surface area contributed by atoms with Crippen LogP contribution in [0.25, 0.3) is 0 Å². The lowest BCUT2D eigenvalue weighted by atomic mass is 10.1. The first-order valence-electron chi connectivity index (χ1n) is 6.26. The number of hydrogen-bond acceptors (Lipinski definition) is 4. The summed E-state index contributed by atoms with van der Waals surface area (Å²) in [6.45, 7) is 4.35. The topological polar surface area (TPSA) is 72.2 Å². The Morgan fingerprint density at radius 2 is 2.05 bits per heavy atom. The fraction of sp³-hybridized carbons (Fsp3) is 0.286. The van der Waals surface area contributed by atoms with Gasteiger partial charge in [-0.25, -0.2) is 13.1 Å². The molecule has 0 bridgehead atoms. The largest absolute Gasteiger partial charge is 0.326 e. The van der Waals surface area contributed by atoms with Crippen LogP contribution in [-0.4, -0.2) is 8.42 Å². The number of benzene rings is 1. The van der Waals surface area contributed by atoms with E-state index in [2.05, 4.69) is 4.72 Å². The summed E-state index contributed by atoms with van der Waals surface area (Å²) < 4.78 is 27.5. The van der Waals surface area contributed by atoms with E-state index < -0.39 is 10.0 Å². The van der Waals surface area contributed by atoms with E-state index in [0.717, 1.165) is 21.6 Å². The van der Waals surface area contributed by atoms with Crippen LogP contribution in [0.2, 0.25) is 0 Å². The van der Waals surface area contributed by atoms with E-state index in [4.69, 9.17) is 5.73 Å². The third-order valence-electron chi connectivity index (χ3n) is 3.22. The summed E-state index contributed by atoms with van der Waals surface area (Å²) >= 11 is 1.53. The van der Waals surface area contributed by atoms with Gasteiger partial charge in [0.2, 0.25) is 10.0 Å². The Morgan fingerprint density at radius 3 is 2.65 bits per heavy atom. The molecule has 0 aliphatic rings. The van der Waals surface area contributed by atoms with Gasteiger partial charge in [0.15, 0.2) is 0 Å². The molecule has 0 saturated heterocycles. The molecular weight excluding hydrogens is 292 g/mol. The van der Waals surface area contributed by atoms with E-state index in [1.807, 2.05) is 37.4 Å². The highest BCUT2D eigenvalue weighted by Gasteiger charge is 2.18. The zero-order valence-electron chi connectivity index (χ0n) is 11.5. The monoisotopic (exact) mass is 310 g/mol. The Balaban J connectivity index is 2.31. The van der Waals surface area contributed by atoms with Gasteiger partial charge in [-0.05, 0) is 48.1 Å². The van der Waals surface area contributed by atoms with Crippen LogP contribution in [-0.2, 0) is 23.1 Å². The highest BCUT2D eigenvalue weighted by Crippen LogP contribution is 2.21. The van der Waals surface area contributed by atoms with Crippen molar-refractivity contribution in [2.45, 2.75) is 31.8 Å². The SMILES string of the molecule is Cc1cc(CN)cc(S(=O)(=O)NCc2cccs2)c1C. The maximum Gasteiger partial charge on any atom is 0.241 e. The van der Waals surface area contributed by atoms with Crippen LogP contribution in [0.3, 0.4) is 0 Å². The minimum absolute atomic E-state index is 0.311. The number of sulfonamides is 1. The molecule has 108 valence electrons. The van der Waals surface area contributed by atoms with E-state index in [0.29, 0.717) is 18.0 Å². The van der Waals surface area contributed by atoms with Gasteiger partial charge in [0.25, 0.3) is 0 Å². The van der Waals surface area contributed by atoms with E-state index >= 15 is 0 Å². The molecule has 0 fully saturated rings. The minimum Gasteiger partial charge on any atom is -0.326 e. The summed E-state index contributed by atoms with van der Waals surface area (Å²) in [5.74, 6) is 0. The maximum absolute atomic E-state index is 12.4. The lowest BCUT2D eigenvalue weighted by Gasteiger charge is -2.12. The Hall–Kier alpha value is -1.21. The van der Waals surface area contributed by atoms with Crippen molar-refractivity contribution < 1.29 is 8.42 Å². The van der Waals surface area contributed by atoms with Gasteiger partial charge < -0.3 is 5.73 Å². The second kappa shape index (κ2) is 6.05. The first kappa shape index (κ1) is 15.2. The summed E-state index contributed by atoms with van der Waals surface area (Å²) in [6, 6.07) is 7.38. The molecule has 0 aliphatic heterocycles. The predicted octanol–water partition coefficient (Wildman–Crippen LogP) is 2.30. The second-order valence-corrected chi connectivity index (χ2v) is 7.41. The molecule has 6 heteroatoms. The molecule has 1 heterocycles. The predicted molar refractivity (Wildman–Crippen MR) is 82.2 cm³/mol. The Kier molecular flexibility index (Phi) is 4.59. The Labute approximate surface area is 123 Å². The summed E-state index contributed by atoms with van der Waals surface area (Å²) in [5, 5.41) is 1.92. The fourth-order valence-electron chi connectivity index (χ4n) is 1.95. The van der Waals surface area contributed by atoms with Crippen molar-refractivity contribution in [1.29, 1.82) is 0 Å². The van der Waals surface area contributed by atoms with Gasteiger partial charge >= 0.3 is 0 Å². The van der Waals surface area contributed by atoms with Crippen molar-refractivity contribution in [3.05, 3.63) is 51.2 Å². The number of aryl methyl sites for hydroxylation is 1. The normalized spacial score (nSPS) is 11.8. The summed E-state index contributed by atoms with van der Waals surface area (Å²) in [4.78, 5) is 1.30. The lowest BCUT2D eigenvalue weighted by molar-refractivity contribution is 0.581. The fourth-order valence-corrected chi connectivity index (χ4v) is 4.06. The molecule has 0 saturated carbocycles. The van der Waals surface area contributed by atoms with Crippen LogP contribution < -0.4 is 10.5 Å². The molecule has 2 rings (SSSR count). The van der Waals surface area contributed by atoms with Crippen LogP contribution in [0, 0.1) is 13.8 Å². The number of nitrogens with two attached hydrogens (primary N) is 1. The molecule has 1 aromatic carbocycles. The minimum atomic E-state index is -3.52. The molecule has 0 atom stereocenters. The molecular formula is C14H18N2O2S2. The van der Waals surface area contributed by atoms with Crippen LogP contribution in [0.1, 0.15) is 21.6 Å². The van der Waals surface area contributed by atoms with E-state index in [9.17, 15) is 8.42 Å². The van der Waals surface area contributed by atoms with Crippen LogP contribution in [0.4, 0.5) is 0 Å². The highest BCUT2D eigenvalue weighted by molar-refractivity contribution is 7.89. The van der Waals surface area contributed by atoms with Crippen LogP contribution >= 0.6 is 11.3 Å². The van der Waals surface area contributed by atoms with Gasteiger partial charge in [0.05, 0.1) is 4.90 Å². The second-order valence-electron chi connectivity index (χ2n) is 4.64. The van der Waals surface area contributed by atoms with Gasteiger partial charge in [-0.3, -0.25) is 0 Å². The van der Waals surface area contributed by atoms with Crippen molar-refractivity contribution in [2.75, 3.05) is 0 Å². The molecule has 0 aliphatic carbocycles. The molecule has 0 unspecified atom stereocenters. The van der Waals surface area contributed by atoms with Gasteiger partial charge in [-0.2, -0.15) is 0 Å². The third kappa shape index (κ3) is 3.27. The van der Waals surface area contributed by atoms with Gasteiger partial charge in [-0.15, -0.1) is 11.3 Å². The first-order chi connectivity index (χ1) is 9.44. The number of nitrogens with one attached hydrogen (secondary N) is 1. The zero-order valence-corrected chi connectivity index (χ0v) is 13.1. The lowest BCUT2D eigenvalue weighted by Crippen LogP contribution is -2.24. The first-order valence-corrected chi connectivity index (χ1v) is 8.62. The van der Waals surface area contributed by atoms with E-state index in [-0.39, 0.29) is 0 Å².